The molecule has 0 atom stereocenters. The number of hydrogen-bond donors (Lipinski definition) is 0. The van der Waals surface area contributed by atoms with Crippen LogP contribution in [0.4, 0.5) is 0 Å². The van der Waals surface area contributed by atoms with Crippen LogP contribution in [0.3, 0.4) is 0 Å². The summed E-state index contributed by atoms with van der Waals surface area (Å²) in [6, 6.07) is 14.6. The van der Waals surface area contributed by atoms with Crippen LogP contribution in [0.1, 0.15) is 116 Å². The molecule has 0 radical (unpaired) electrons. The third kappa shape index (κ3) is 18.9. The number of aryl methyl sites for hydroxylation is 16. The van der Waals surface area contributed by atoms with Crippen molar-refractivity contribution in [3.8, 4) is 0 Å². The molecule has 32 heteroatoms. The Hall–Kier alpha value is -6.21. The smallest absolute Gasteiger partial charge is 0.546 e. The molecule has 8 aromatic rings. The predicted molar refractivity (Wildman–Crippen MR) is 266 cm³/mol. The van der Waals surface area contributed by atoms with Gasteiger partial charge >= 0.3 is 75.4 Å². The van der Waals surface area contributed by atoms with Crippen LogP contribution >= 0.6 is 0 Å². The minimum absolute atomic E-state index is 0. The van der Waals surface area contributed by atoms with Crippen LogP contribution in [-0.4, -0.2) is 124 Å². The largest absolute Gasteiger partial charge is 1.00 e. The third-order valence-corrected chi connectivity index (χ3v) is 11.1. The van der Waals surface area contributed by atoms with Crippen molar-refractivity contribution in [1.82, 2.24) is 78.2 Å². The minimum atomic E-state index is -1.23. The first-order chi connectivity index (χ1) is 33.6. The van der Waals surface area contributed by atoms with Crippen molar-refractivity contribution < 1.29 is 137 Å². The Labute approximate surface area is 510 Å². The Kier molecular flexibility index (Phi) is 33.6. The van der Waals surface area contributed by atoms with E-state index >= 15 is 0 Å². The SMILES string of the molecule is Cc1cc(C)n(C(C(=O)[O-])n2nc(C)cc2C)n1.Cc1cc(C)n(C(C(=O)[O-])n2nc(C)cc2C)n1.Cc1cc(C)n(C(C(=O)[O-])n2nc(C)cc2C)n1.Cc1cc(C)n(C(C(=O)[O-])n2nc(C)cc2C)n1.O.O.O.O.[Li+].[Li+].[Li+].[Li+]. The zero-order chi connectivity index (χ0) is 53.8. The molecule has 28 nitrogen and oxygen atoms in total. The number of nitrogens with zero attached hydrogens (tertiary/aromatic N) is 16. The number of aliphatic carboxylic acids is 4. The summed E-state index contributed by atoms with van der Waals surface area (Å²) in [6.07, 6.45) is -4.19. The van der Waals surface area contributed by atoms with Crippen molar-refractivity contribution >= 4 is 23.9 Å². The van der Waals surface area contributed by atoms with Crippen LogP contribution in [-0.2, 0) is 19.2 Å². The molecule has 0 aliphatic heterocycles. The van der Waals surface area contributed by atoms with E-state index in [1.165, 1.54) is 37.5 Å². The summed E-state index contributed by atoms with van der Waals surface area (Å²) in [5, 5.41) is 79.1. The molecular weight excluding hydrogens is 1020 g/mol. The summed E-state index contributed by atoms with van der Waals surface area (Å²) in [5.41, 5.74) is 12.2. The second kappa shape index (κ2) is 33.5. The molecular formula is C48H68Li4N16O12. The quantitative estimate of drug-likeness (QED) is 0.103. The number of hydrogen-bond acceptors (Lipinski definition) is 16. The van der Waals surface area contributed by atoms with Crippen LogP contribution in [0.25, 0.3) is 0 Å². The van der Waals surface area contributed by atoms with Crippen molar-refractivity contribution in [3.05, 3.63) is 140 Å². The fourth-order valence-electron chi connectivity index (χ4n) is 8.36. The summed E-state index contributed by atoms with van der Waals surface area (Å²) in [6.45, 7) is 29.0. The third-order valence-electron chi connectivity index (χ3n) is 11.1. The first-order valence-corrected chi connectivity index (χ1v) is 22.6. The molecule has 0 aliphatic carbocycles. The molecule has 0 amide bonds. The first-order valence-electron chi connectivity index (χ1n) is 22.6. The van der Waals surface area contributed by atoms with Gasteiger partial charge in [0.2, 0.25) is 0 Å². The van der Waals surface area contributed by atoms with Gasteiger partial charge in [-0.05, 0) is 159 Å². The van der Waals surface area contributed by atoms with E-state index in [1.54, 1.807) is 0 Å². The summed E-state index contributed by atoms with van der Waals surface area (Å²) < 4.78 is 11.4. The summed E-state index contributed by atoms with van der Waals surface area (Å²) in [5.74, 6) is -4.92. The second-order valence-electron chi connectivity index (χ2n) is 17.7. The molecule has 0 spiro atoms. The number of carboxylic acid groups (broad SMARTS) is 4. The van der Waals surface area contributed by atoms with Crippen molar-refractivity contribution in [1.29, 1.82) is 0 Å². The molecule has 8 aromatic heterocycles. The predicted octanol–water partition coefficient (Wildman–Crippen LogP) is -14.8. The van der Waals surface area contributed by atoms with E-state index in [1.807, 2.05) is 159 Å². The van der Waals surface area contributed by atoms with Crippen LogP contribution in [0.15, 0.2) is 48.5 Å². The van der Waals surface area contributed by atoms with Crippen molar-refractivity contribution in [3.63, 3.8) is 0 Å². The van der Waals surface area contributed by atoms with E-state index < -0.39 is 48.5 Å². The van der Waals surface area contributed by atoms with Gasteiger partial charge in [0.25, 0.3) is 0 Å². The average molecular weight is 1090 g/mol. The van der Waals surface area contributed by atoms with Crippen LogP contribution in [0.5, 0.6) is 0 Å². The van der Waals surface area contributed by atoms with Gasteiger partial charge in [0.05, 0.1) is 69.4 Å². The number of carbonyl (C=O) groups is 4. The standard InChI is InChI=1S/4C12H16N4O2.4Li.4H2O/c4*1-7-5-9(3)15(13-7)11(12(17)18)16-10(4)6-8(2)14-16;;;;;;;;/h4*5-6,11H,1-4H3,(H,17,18);;;;;4*1H2/q;;;;4*+1;;;;/p-4. The molecule has 0 unspecified atom stereocenters. The number of aromatic nitrogens is 16. The molecule has 0 fully saturated rings. The van der Waals surface area contributed by atoms with Crippen molar-refractivity contribution in [2.24, 2.45) is 0 Å². The van der Waals surface area contributed by atoms with E-state index in [0.29, 0.717) is 0 Å². The summed E-state index contributed by atoms with van der Waals surface area (Å²) in [7, 11) is 0. The zero-order valence-corrected chi connectivity index (χ0v) is 49.3. The Morgan fingerprint density at radius 2 is 0.350 bits per heavy atom. The number of carbonyl (C=O) groups excluding carboxylic acids is 4. The maximum absolute atomic E-state index is 11.4. The van der Waals surface area contributed by atoms with Gasteiger partial charge in [-0.15, -0.1) is 0 Å². The fourth-order valence-corrected chi connectivity index (χ4v) is 8.36. The van der Waals surface area contributed by atoms with E-state index in [-0.39, 0.29) is 97.3 Å². The molecule has 8 rings (SSSR count). The molecule has 0 aromatic carbocycles. The maximum atomic E-state index is 11.4. The first kappa shape index (κ1) is 80.3. The molecule has 0 saturated carbocycles. The number of rotatable bonds is 12. The monoisotopic (exact) mass is 1090 g/mol. The second-order valence-corrected chi connectivity index (χ2v) is 17.7. The summed E-state index contributed by atoms with van der Waals surface area (Å²) >= 11 is 0. The maximum Gasteiger partial charge on any atom is 1.00 e. The molecule has 0 saturated heterocycles. The molecule has 0 aliphatic rings. The molecule has 8 heterocycles. The van der Waals surface area contributed by atoms with Crippen LogP contribution in [0.2, 0.25) is 0 Å². The van der Waals surface area contributed by atoms with E-state index in [0.717, 1.165) is 91.1 Å². The Bertz CT molecular complexity index is 2660. The van der Waals surface area contributed by atoms with Gasteiger partial charge in [0.15, 0.2) is 24.7 Å². The van der Waals surface area contributed by atoms with Crippen LogP contribution in [0, 0.1) is 111 Å². The van der Waals surface area contributed by atoms with Crippen LogP contribution < -0.4 is 95.9 Å². The molecule has 80 heavy (non-hydrogen) atoms. The van der Waals surface area contributed by atoms with E-state index in [9.17, 15) is 39.6 Å². The average Bonchev–Trinajstić information content (AvgIpc) is 4.15. The van der Waals surface area contributed by atoms with Gasteiger partial charge in [-0.2, -0.15) is 40.8 Å². The molecule has 8 N–H and O–H groups in total. The van der Waals surface area contributed by atoms with Gasteiger partial charge in [0, 0.05) is 45.6 Å². The Morgan fingerprint density at radius 3 is 0.400 bits per heavy atom. The molecule has 416 valence electrons. The topological polar surface area (TPSA) is 429 Å². The van der Waals surface area contributed by atoms with Gasteiger partial charge in [0.1, 0.15) is 0 Å². The van der Waals surface area contributed by atoms with Gasteiger partial charge in [-0.3, -0.25) is 0 Å². The van der Waals surface area contributed by atoms with Crippen molar-refractivity contribution in [2.45, 2.75) is 135 Å². The van der Waals surface area contributed by atoms with E-state index in [2.05, 4.69) is 40.8 Å². The van der Waals surface area contributed by atoms with Crippen molar-refractivity contribution in [2.75, 3.05) is 0 Å². The van der Waals surface area contributed by atoms with Gasteiger partial charge < -0.3 is 61.5 Å². The Balaban J connectivity index is -0.000000466. The van der Waals surface area contributed by atoms with Gasteiger partial charge in [-0.1, -0.05) is 0 Å². The molecule has 0 bridgehead atoms. The zero-order valence-electron chi connectivity index (χ0n) is 49.3. The normalized spacial score (nSPS) is 10.1. The van der Waals surface area contributed by atoms with E-state index in [4.69, 9.17) is 0 Å². The minimum Gasteiger partial charge on any atom is -0.546 e. The van der Waals surface area contributed by atoms with Gasteiger partial charge in [-0.25, -0.2) is 37.5 Å². The number of carboxylic acids is 4. The Morgan fingerprint density at radius 1 is 0.263 bits per heavy atom. The summed E-state index contributed by atoms with van der Waals surface area (Å²) in [4.78, 5) is 45.6. The fraction of sp³-hybridized carbons (Fsp3) is 0.417.